The van der Waals surface area contributed by atoms with Gasteiger partial charge in [-0.15, -0.1) is 0 Å². The molecule has 0 fully saturated rings. The number of hydrogen-bond donors (Lipinski definition) is 0. The first-order valence-electron chi connectivity index (χ1n) is 6.77. The maximum absolute atomic E-state index is 3.90. The summed E-state index contributed by atoms with van der Waals surface area (Å²) >= 11 is 0. The van der Waals surface area contributed by atoms with Crippen LogP contribution in [0.25, 0.3) is 0 Å². The van der Waals surface area contributed by atoms with Crippen LogP contribution in [0.5, 0.6) is 0 Å². The third-order valence-corrected chi connectivity index (χ3v) is 2.61. The Hall–Kier alpha value is -0.780. The van der Waals surface area contributed by atoms with Crippen molar-refractivity contribution in [3.63, 3.8) is 0 Å². The topological polar surface area (TPSA) is 0 Å². The summed E-state index contributed by atoms with van der Waals surface area (Å²) in [6.07, 6.45) is 7.10. The summed E-state index contributed by atoms with van der Waals surface area (Å²) in [6.45, 7) is 23.1. The van der Waals surface area contributed by atoms with E-state index < -0.39 is 0 Å². The zero-order valence-corrected chi connectivity index (χ0v) is 13.0. The van der Waals surface area contributed by atoms with E-state index in [1.54, 1.807) is 0 Å². The first-order valence-corrected chi connectivity index (χ1v) is 6.77. The largest absolute Gasteiger partial charge is 0.0991 e. The van der Waals surface area contributed by atoms with Gasteiger partial charge in [0.25, 0.3) is 0 Å². The van der Waals surface area contributed by atoms with Gasteiger partial charge in [0.2, 0.25) is 0 Å². The standard InChI is InChI=1S/C15H26.C2H6/c1-8-10-13(9-2)14(12(3)4)11-15(5,6)7;1-2/h8-10,12,14H,1-2,11H2,3-7H3;1-2H3/b13-10+;. The maximum atomic E-state index is 3.90. The molecule has 0 saturated heterocycles. The molecule has 100 valence electrons. The van der Waals surface area contributed by atoms with Gasteiger partial charge in [0, 0.05) is 0 Å². The highest BCUT2D eigenvalue weighted by Crippen LogP contribution is 2.34. The first kappa shape index (κ1) is 18.6. The molecule has 1 unspecified atom stereocenters. The molecule has 0 bridgehead atoms. The molecular formula is C17H32. The predicted octanol–water partition coefficient (Wildman–Crippen LogP) is 6.02. The van der Waals surface area contributed by atoms with Gasteiger partial charge >= 0.3 is 0 Å². The SMILES string of the molecule is C=C/C=C(\C=C)C(CC(C)(C)C)C(C)C.CC. The Labute approximate surface area is 110 Å². The minimum absolute atomic E-state index is 0.359. The molecule has 0 heteroatoms. The molecule has 1 atom stereocenters. The van der Waals surface area contributed by atoms with E-state index >= 15 is 0 Å². The van der Waals surface area contributed by atoms with Gasteiger partial charge in [-0.2, -0.15) is 0 Å². The van der Waals surface area contributed by atoms with E-state index in [1.165, 1.54) is 12.0 Å². The molecular weight excluding hydrogens is 204 g/mol. The minimum atomic E-state index is 0.359. The van der Waals surface area contributed by atoms with Gasteiger partial charge in [-0.1, -0.05) is 79.9 Å². The third kappa shape index (κ3) is 8.97. The molecule has 0 nitrogen and oxygen atoms in total. The van der Waals surface area contributed by atoms with Crippen LogP contribution in [-0.2, 0) is 0 Å². The van der Waals surface area contributed by atoms with Crippen molar-refractivity contribution in [2.24, 2.45) is 17.3 Å². The highest BCUT2D eigenvalue weighted by molar-refractivity contribution is 5.24. The van der Waals surface area contributed by atoms with Crippen LogP contribution in [0.15, 0.2) is 37.0 Å². The van der Waals surface area contributed by atoms with E-state index in [0.29, 0.717) is 17.3 Å². The lowest BCUT2D eigenvalue weighted by molar-refractivity contribution is 0.276. The normalized spacial score (nSPS) is 13.8. The fourth-order valence-electron chi connectivity index (χ4n) is 1.88. The maximum Gasteiger partial charge on any atom is -0.0134 e. The fraction of sp³-hybridized carbons (Fsp3) is 0.647. The Morgan fingerprint density at radius 2 is 1.59 bits per heavy atom. The molecule has 0 N–H and O–H groups in total. The fourth-order valence-corrected chi connectivity index (χ4v) is 1.88. The average Bonchev–Trinajstić information content (AvgIpc) is 2.24. The zero-order valence-electron chi connectivity index (χ0n) is 13.0. The smallest absolute Gasteiger partial charge is 0.0134 e. The molecule has 0 aliphatic carbocycles. The summed E-state index contributed by atoms with van der Waals surface area (Å²) < 4.78 is 0. The van der Waals surface area contributed by atoms with E-state index in [-0.39, 0.29) is 0 Å². The molecule has 0 aliphatic rings. The van der Waals surface area contributed by atoms with Crippen LogP contribution in [0.2, 0.25) is 0 Å². The van der Waals surface area contributed by atoms with Crippen LogP contribution in [0, 0.1) is 17.3 Å². The summed E-state index contributed by atoms with van der Waals surface area (Å²) in [5.74, 6) is 1.23. The Morgan fingerprint density at radius 3 is 1.82 bits per heavy atom. The molecule has 0 spiro atoms. The summed E-state index contributed by atoms with van der Waals surface area (Å²) in [5, 5.41) is 0. The van der Waals surface area contributed by atoms with Crippen molar-refractivity contribution in [3.05, 3.63) is 37.0 Å². The van der Waals surface area contributed by atoms with Gasteiger partial charge in [0.05, 0.1) is 0 Å². The van der Waals surface area contributed by atoms with Crippen molar-refractivity contribution in [3.8, 4) is 0 Å². The van der Waals surface area contributed by atoms with Gasteiger partial charge in [-0.05, 0) is 29.2 Å². The Morgan fingerprint density at radius 1 is 1.12 bits per heavy atom. The van der Waals surface area contributed by atoms with Crippen LogP contribution >= 0.6 is 0 Å². The van der Waals surface area contributed by atoms with E-state index in [9.17, 15) is 0 Å². The lowest BCUT2D eigenvalue weighted by atomic mass is 9.76. The summed E-state index contributed by atoms with van der Waals surface area (Å²) in [4.78, 5) is 0. The van der Waals surface area contributed by atoms with Crippen molar-refractivity contribution < 1.29 is 0 Å². The monoisotopic (exact) mass is 236 g/mol. The molecule has 17 heavy (non-hydrogen) atoms. The molecule has 0 aromatic rings. The average molecular weight is 236 g/mol. The van der Waals surface area contributed by atoms with Gasteiger partial charge < -0.3 is 0 Å². The Balaban J connectivity index is 0. The van der Waals surface area contributed by atoms with Crippen LogP contribution in [0.3, 0.4) is 0 Å². The lowest BCUT2D eigenvalue weighted by Gasteiger charge is -2.29. The van der Waals surface area contributed by atoms with Crippen LogP contribution in [0.1, 0.15) is 54.9 Å². The molecule has 0 radical (unpaired) electrons. The lowest BCUT2D eigenvalue weighted by Crippen LogP contribution is -2.19. The Bertz CT molecular complexity index is 235. The van der Waals surface area contributed by atoms with E-state index in [4.69, 9.17) is 0 Å². The van der Waals surface area contributed by atoms with Crippen LogP contribution < -0.4 is 0 Å². The highest BCUT2D eigenvalue weighted by atomic mass is 14.3. The molecule has 0 saturated carbocycles. The molecule has 0 aliphatic heterocycles. The number of hydrogen-bond acceptors (Lipinski definition) is 0. The van der Waals surface area contributed by atoms with E-state index in [2.05, 4.69) is 53.9 Å². The number of rotatable bonds is 5. The summed E-state index contributed by atoms with van der Waals surface area (Å²) in [7, 11) is 0. The molecule has 0 rings (SSSR count). The zero-order chi connectivity index (χ0) is 14.1. The van der Waals surface area contributed by atoms with Crippen LogP contribution in [0.4, 0.5) is 0 Å². The second-order valence-corrected chi connectivity index (χ2v) is 5.72. The highest BCUT2D eigenvalue weighted by Gasteiger charge is 2.22. The second kappa shape index (κ2) is 9.27. The molecule has 0 heterocycles. The summed E-state index contributed by atoms with van der Waals surface area (Å²) in [5.41, 5.74) is 1.67. The van der Waals surface area contributed by atoms with E-state index in [0.717, 1.165) is 0 Å². The molecule has 0 aromatic heterocycles. The van der Waals surface area contributed by atoms with Crippen molar-refractivity contribution in [1.82, 2.24) is 0 Å². The van der Waals surface area contributed by atoms with Crippen molar-refractivity contribution >= 4 is 0 Å². The van der Waals surface area contributed by atoms with E-state index in [1.807, 2.05) is 26.0 Å². The minimum Gasteiger partial charge on any atom is -0.0991 e. The Kier molecular flexibility index (Phi) is 10.1. The van der Waals surface area contributed by atoms with Crippen molar-refractivity contribution in [2.75, 3.05) is 0 Å². The molecule has 0 aromatic carbocycles. The van der Waals surface area contributed by atoms with Gasteiger partial charge in [-0.25, -0.2) is 0 Å². The second-order valence-electron chi connectivity index (χ2n) is 5.72. The van der Waals surface area contributed by atoms with Gasteiger partial charge in [-0.3, -0.25) is 0 Å². The van der Waals surface area contributed by atoms with Crippen LogP contribution in [-0.4, -0.2) is 0 Å². The van der Waals surface area contributed by atoms with Crippen molar-refractivity contribution in [1.29, 1.82) is 0 Å². The number of allylic oxidation sites excluding steroid dienone is 4. The molecule has 0 amide bonds. The predicted molar refractivity (Wildman–Crippen MR) is 82.2 cm³/mol. The van der Waals surface area contributed by atoms with Gasteiger partial charge in [0.1, 0.15) is 0 Å². The van der Waals surface area contributed by atoms with Crippen molar-refractivity contribution in [2.45, 2.75) is 54.9 Å². The summed E-state index contributed by atoms with van der Waals surface area (Å²) in [6, 6.07) is 0. The van der Waals surface area contributed by atoms with Gasteiger partial charge in [0.15, 0.2) is 0 Å². The quantitative estimate of drug-likeness (QED) is 0.512. The third-order valence-electron chi connectivity index (χ3n) is 2.61. The first-order chi connectivity index (χ1) is 7.81.